The van der Waals surface area contributed by atoms with Crippen LogP contribution in [0.5, 0.6) is 5.75 Å². The Morgan fingerprint density at radius 2 is 2.10 bits per heavy atom. The van der Waals surface area contributed by atoms with Gasteiger partial charge in [0, 0.05) is 24.4 Å². The van der Waals surface area contributed by atoms with Gasteiger partial charge in [0.1, 0.15) is 22.3 Å². The van der Waals surface area contributed by atoms with Crippen LogP contribution < -0.4 is 21.4 Å². The number of hydrogen-bond donors (Lipinski definition) is 4. The van der Waals surface area contributed by atoms with Crippen LogP contribution >= 0.6 is 0 Å². The van der Waals surface area contributed by atoms with E-state index >= 15 is 0 Å². The van der Waals surface area contributed by atoms with Crippen LogP contribution in [0.25, 0.3) is 28.3 Å². The average Bonchev–Trinajstić information content (AvgIpc) is 3.15. The van der Waals surface area contributed by atoms with E-state index in [0.717, 1.165) is 25.5 Å². The highest BCUT2D eigenvalue weighted by Crippen LogP contribution is 2.18. The maximum atomic E-state index is 12.8. The van der Waals surface area contributed by atoms with Gasteiger partial charge < -0.3 is 25.4 Å². The van der Waals surface area contributed by atoms with Gasteiger partial charge in [0.15, 0.2) is 0 Å². The second-order valence-electron chi connectivity index (χ2n) is 7.98. The molecule has 1 aliphatic heterocycles. The summed E-state index contributed by atoms with van der Waals surface area (Å²) in [4.78, 5) is 46.1. The minimum atomic E-state index is -1.24. The molecule has 0 saturated carbocycles. The smallest absolute Gasteiger partial charge is 0.337 e. The molecule has 0 aliphatic carbocycles. The van der Waals surface area contributed by atoms with Gasteiger partial charge >= 0.3 is 5.97 Å². The van der Waals surface area contributed by atoms with E-state index in [9.17, 15) is 24.6 Å². The highest BCUT2D eigenvalue weighted by Gasteiger charge is 2.20. The molecule has 162 valence electrons. The van der Waals surface area contributed by atoms with Crippen molar-refractivity contribution in [1.29, 1.82) is 0 Å². The normalized spacial score (nSPS) is 17.6. The molecule has 4 rings (SSSR count). The van der Waals surface area contributed by atoms with Crippen LogP contribution in [-0.2, 0) is 0 Å². The van der Waals surface area contributed by atoms with Crippen molar-refractivity contribution in [2.45, 2.75) is 32.2 Å². The summed E-state index contributed by atoms with van der Waals surface area (Å²) >= 11 is 0. The van der Waals surface area contributed by atoms with Gasteiger partial charge in [0.25, 0.3) is 0 Å². The Hall–Kier alpha value is -3.46. The van der Waals surface area contributed by atoms with Crippen molar-refractivity contribution in [2.24, 2.45) is 0 Å². The summed E-state index contributed by atoms with van der Waals surface area (Å²) < 4.78 is 0. The van der Waals surface area contributed by atoms with Crippen molar-refractivity contribution in [3.05, 3.63) is 48.9 Å². The molecule has 0 radical (unpaired) electrons. The number of phenols is 1. The van der Waals surface area contributed by atoms with Crippen LogP contribution in [-0.4, -0.2) is 57.2 Å². The van der Waals surface area contributed by atoms with Crippen LogP contribution in [0.15, 0.2) is 21.7 Å². The van der Waals surface area contributed by atoms with Crippen LogP contribution in [0.4, 0.5) is 0 Å². The lowest BCUT2D eigenvalue weighted by atomic mass is 10.1. The van der Waals surface area contributed by atoms with E-state index in [4.69, 9.17) is 0 Å². The van der Waals surface area contributed by atoms with Crippen molar-refractivity contribution < 1.29 is 15.0 Å². The van der Waals surface area contributed by atoms with E-state index < -0.39 is 16.8 Å². The summed E-state index contributed by atoms with van der Waals surface area (Å²) in [6.45, 7) is 3.25. The van der Waals surface area contributed by atoms with Gasteiger partial charge in [-0.25, -0.2) is 9.78 Å². The first-order valence-electron chi connectivity index (χ1n) is 10.2. The molecule has 2 aromatic carbocycles. The first-order chi connectivity index (χ1) is 14.8. The highest BCUT2D eigenvalue weighted by molar-refractivity contribution is 6.02. The summed E-state index contributed by atoms with van der Waals surface area (Å²) in [6.07, 6.45) is 4.86. The Kier molecular flexibility index (Phi) is 5.36. The molecule has 1 atom stereocenters. The molecule has 1 aliphatic rings. The third kappa shape index (κ3) is 3.61. The van der Waals surface area contributed by atoms with Crippen molar-refractivity contribution >= 4 is 34.2 Å². The van der Waals surface area contributed by atoms with Gasteiger partial charge in [-0.2, -0.15) is 0 Å². The molecule has 9 heteroatoms. The Bertz CT molecular complexity index is 1360. The standard InChI is InChI=1S/C22H24N4O5/c1-11-20(28)14(10-23-8-7-12-4-3-9-26(12)2)17-19(21(11)29)25-16-13(22(30)31)5-6-15(27)18(16)24-17/h5-6,10,12,23,25,28H,3-4,7-9H2,1-2H3,(H,30,31). The summed E-state index contributed by atoms with van der Waals surface area (Å²) in [5, 5.41) is 23.5. The third-order valence-corrected chi connectivity index (χ3v) is 6.05. The van der Waals surface area contributed by atoms with Gasteiger partial charge in [0.2, 0.25) is 10.9 Å². The van der Waals surface area contributed by atoms with E-state index in [1.807, 2.05) is 0 Å². The maximum Gasteiger partial charge on any atom is 0.337 e. The zero-order chi connectivity index (χ0) is 22.3. The first-order valence-corrected chi connectivity index (χ1v) is 10.2. The lowest BCUT2D eigenvalue weighted by Crippen LogP contribution is -2.28. The topological polar surface area (TPSA) is 136 Å². The molecule has 0 bridgehead atoms. The van der Waals surface area contributed by atoms with Crippen molar-refractivity contribution in [2.75, 3.05) is 20.1 Å². The van der Waals surface area contributed by atoms with Gasteiger partial charge in [-0.3, -0.25) is 9.59 Å². The van der Waals surface area contributed by atoms with Gasteiger partial charge in [-0.05, 0) is 51.9 Å². The molecule has 1 aromatic heterocycles. The molecule has 0 spiro atoms. The van der Waals surface area contributed by atoms with Crippen LogP contribution in [0.1, 0.15) is 35.2 Å². The molecule has 9 nitrogen and oxygen atoms in total. The molecule has 2 heterocycles. The van der Waals surface area contributed by atoms with Crippen molar-refractivity contribution in [1.82, 2.24) is 20.2 Å². The number of H-pyrrole nitrogens is 1. The van der Waals surface area contributed by atoms with E-state index in [2.05, 4.69) is 27.2 Å². The number of aromatic amines is 1. The predicted molar refractivity (Wildman–Crippen MR) is 117 cm³/mol. The number of carbonyl (C=O) groups is 1. The molecule has 31 heavy (non-hydrogen) atoms. The number of phenolic OH excluding ortho intramolecular Hbond substituents is 1. The largest absolute Gasteiger partial charge is 0.507 e. The molecular formula is C22H24N4O5. The van der Waals surface area contributed by atoms with Crippen LogP contribution in [0.2, 0.25) is 0 Å². The number of benzene rings is 2. The zero-order valence-electron chi connectivity index (χ0n) is 17.4. The fourth-order valence-corrected chi connectivity index (χ4v) is 4.21. The number of aromatic nitrogens is 2. The molecule has 4 N–H and O–H groups in total. The number of nitrogens with one attached hydrogen (secondary N) is 2. The molecule has 1 unspecified atom stereocenters. The lowest BCUT2D eigenvalue weighted by Gasteiger charge is -2.18. The quantitative estimate of drug-likeness (QED) is 0.347. The monoisotopic (exact) mass is 424 g/mol. The van der Waals surface area contributed by atoms with Crippen molar-refractivity contribution in [3.63, 3.8) is 0 Å². The Balaban J connectivity index is 1.85. The minimum Gasteiger partial charge on any atom is -0.507 e. The number of rotatable bonds is 5. The van der Waals surface area contributed by atoms with Crippen LogP contribution in [0, 0.1) is 6.92 Å². The number of carboxylic acid groups (broad SMARTS) is 1. The molecule has 3 aromatic rings. The second kappa shape index (κ2) is 7.99. The Labute approximate surface area is 177 Å². The van der Waals surface area contributed by atoms with E-state index in [1.54, 1.807) is 6.20 Å². The number of carboxylic acids is 1. The van der Waals surface area contributed by atoms with Gasteiger partial charge in [0.05, 0.1) is 16.3 Å². The predicted octanol–water partition coefficient (Wildman–Crippen LogP) is 0.680. The first kappa shape index (κ1) is 20.8. The Morgan fingerprint density at radius 1 is 1.32 bits per heavy atom. The highest BCUT2D eigenvalue weighted by atomic mass is 16.4. The number of fused-ring (bicyclic) bond motifs is 2. The maximum absolute atomic E-state index is 12.8. The molecule has 1 fully saturated rings. The van der Waals surface area contributed by atoms with E-state index in [1.165, 1.54) is 19.4 Å². The van der Waals surface area contributed by atoms with Gasteiger partial charge in [-0.15, -0.1) is 0 Å². The lowest BCUT2D eigenvalue weighted by molar-refractivity contribution is 0.0699. The summed E-state index contributed by atoms with van der Waals surface area (Å²) in [5.74, 6) is -1.46. The zero-order valence-corrected chi connectivity index (χ0v) is 17.4. The SMILES string of the molecule is Cc1c(O)c(=CNCCC2CCCN2C)c2nc3c(=O)ccc(C(=O)O)c3[nH]c2c1=O. The summed E-state index contributed by atoms with van der Waals surface area (Å²) in [6, 6.07) is 2.82. The van der Waals surface area contributed by atoms with E-state index in [-0.39, 0.29) is 44.2 Å². The molecular weight excluding hydrogens is 400 g/mol. The summed E-state index contributed by atoms with van der Waals surface area (Å²) in [7, 11) is 2.10. The Morgan fingerprint density at radius 3 is 2.77 bits per heavy atom. The molecule has 1 saturated heterocycles. The van der Waals surface area contributed by atoms with E-state index in [0.29, 0.717) is 12.6 Å². The fourth-order valence-electron chi connectivity index (χ4n) is 4.21. The number of nitrogens with zero attached hydrogens (tertiary/aromatic N) is 2. The average molecular weight is 424 g/mol. The third-order valence-electron chi connectivity index (χ3n) is 6.05. The van der Waals surface area contributed by atoms with Crippen molar-refractivity contribution in [3.8, 4) is 5.75 Å². The number of aromatic hydroxyl groups is 1. The fraction of sp³-hybridized carbons (Fsp3) is 0.364. The second-order valence-corrected chi connectivity index (χ2v) is 7.98. The van der Waals surface area contributed by atoms with Crippen LogP contribution in [0.3, 0.4) is 0 Å². The molecule has 0 amide bonds. The number of hydrogen-bond acceptors (Lipinski definition) is 7. The van der Waals surface area contributed by atoms with Gasteiger partial charge in [-0.1, -0.05) is 0 Å². The summed E-state index contributed by atoms with van der Waals surface area (Å²) in [5.41, 5.74) is -0.976. The number of aromatic carboxylic acids is 1. The number of likely N-dealkylation sites (tertiary alicyclic amines) is 1. The minimum absolute atomic E-state index is 0.0159.